The van der Waals surface area contributed by atoms with Gasteiger partial charge >= 0.3 is 0 Å². The van der Waals surface area contributed by atoms with E-state index in [1.807, 2.05) is 31.2 Å². The molecule has 0 aromatic heterocycles. The lowest BCUT2D eigenvalue weighted by molar-refractivity contribution is 0.0848. The number of ether oxygens (including phenoxy) is 2. The zero-order valence-electron chi connectivity index (χ0n) is 18.2. The van der Waals surface area contributed by atoms with Gasteiger partial charge < -0.3 is 14.6 Å². The minimum atomic E-state index is -0.363. The van der Waals surface area contributed by atoms with Crippen molar-refractivity contribution in [3.05, 3.63) is 76.4 Å². The van der Waals surface area contributed by atoms with E-state index in [0.29, 0.717) is 17.9 Å². The molecule has 0 aliphatic carbocycles. The Morgan fingerprint density at radius 2 is 1.90 bits per heavy atom. The first kappa shape index (κ1) is 21.7. The van der Waals surface area contributed by atoms with Crippen LogP contribution in [0.4, 0.5) is 0 Å². The summed E-state index contributed by atoms with van der Waals surface area (Å²) in [6.07, 6.45) is 6.37. The molecule has 0 spiro atoms. The van der Waals surface area contributed by atoms with Crippen LogP contribution in [0.25, 0.3) is 0 Å². The summed E-state index contributed by atoms with van der Waals surface area (Å²) in [4.78, 5) is 12.6. The Labute approximate surface area is 178 Å². The molecule has 0 fully saturated rings. The molecule has 0 saturated carbocycles. The number of hydrogen-bond acceptors (Lipinski definition) is 4. The predicted molar refractivity (Wildman–Crippen MR) is 120 cm³/mol. The molecule has 4 nitrogen and oxygen atoms in total. The van der Waals surface area contributed by atoms with Crippen molar-refractivity contribution >= 4 is 5.78 Å². The van der Waals surface area contributed by atoms with Crippen molar-refractivity contribution in [2.24, 2.45) is 0 Å². The molecular formula is C26H30O4. The van der Waals surface area contributed by atoms with Gasteiger partial charge in [-0.05, 0) is 75.9 Å². The second-order valence-corrected chi connectivity index (χ2v) is 8.12. The van der Waals surface area contributed by atoms with Gasteiger partial charge in [-0.2, -0.15) is 0 Å². The van der Waals surface area contributed by atoms with Gasteiger partial charge in [0.25, 0.3) is 0 Å². The summed E-state index contributed by atoms with van der Waals surface area (Å²) in [5.74, 6) is 1.37. The molecular weight excluding hydrogens is 376 g/mol. The topological polar surface area (TPSA) is 55.8 Å². The highest BCUT2D eigenvalue weighted by Gasteiger charge is 2.29. The van der Waals surface area contributed by atoms with E-state index in [2.05, 4.69) is 32.9 Å². The Hall–Kier alpha value is -3.01. The number of aryl methyl sites for hydroxylation is 1. The summed E-state index contributed by atoms with van der Waals surface area (Å²) in [6, 6.07) is 10.8. The summed E-state index contributed by atoms with van der Waals surface area (Å²) in [5.41, 5.74) is 4.88. The molecule has 30 heavy (non-hydrogen) atoms. The normalized spacial score (nSPS) is 15.9. The van der Waals surface area contributed by atoms with Gasteiger partial charge in [-0.3, -0.25) is 4.79 Å². The number of carbonyl (C=O) groups excluding carboxylic acids is 1. The lowest BCUT2D eigenvalue weighted by atomic mass is 9.93. The Morgan fingerprint density at radius 3 is 2.60 bits per heavy atom. The number of benzene rings is 2. The Morgan fingerprint density at radius 1 is 1.17 bits per heavy atom. The van der Waals surface area contributed by atoms with Gasteiger partial charge in [-0.15, -0.1) is 0 Å². The molecule has 1 atom stereocenters. The van der Waals surface area contributed by atoms with E-state index in [1.54, 1.807) is 6.07 Å². The minimum absolute atomic E-state index is 0.0350. The van der Waals surface area contributed by atoms with E-state index < -0.39 is 0 Å². The molecule has 2 aromatic rings. The second-order valence-electron chi connectivity index (χ2n) is 8.12. The minimum Gasteiger partial charge on any atom is -0.508 e. The van der Waals surface area contributed by atoms with Crippen LogP contribution in [0.1, 0.15) is 67.6 Å². The van der Waals surface area contributed by atoms with Gasteiger partial charge in [-0.25, -0.2) is 0 Å². The molecule has 1 unspecified atom stereocenters. The van der Waals surface area contributed by atoms with Crippen molar-refractivity contribution in [3.63, 3.8) is 0 Å². The molecule has 0 saturated heterocycles. The molecule has 1 N–H and O–H groups in total. The largest absolute Gasteiger partial charge is 0.508 e. The highest BCUT2D eigenvalue weighted by atomic mass is 16.5. The highest BCUT2D eigenvalue weighted by Crippen LogP contribution is 2.39. The van der Waals surface area contributed by atoms with Crippen LogP contribution in [0.5, 0.6) is 17.2 Å². The number of aromatic hydroxyl groups is 1. The predicted octanol–water partition coefficient (Wildman–Crippen LogP) is 6.48. The number of carbonyl (C=O) groups is 1. The van der Waals surface area contributed by atoms with E-state index in [4.69, 9.17) is 9.47 Å². The lowest BCUT2D eigenvalue weighted by Crippen LogP contribution is -2.21. The maximum atomic E-state index is 12.6. The van der Waals surface area contributed by atoms with Crippen LogP contribution in [-0.4, -0.2) is 17.5 Å². The fourth-order valence-corrected chi connectivity index (χ4v) is 3.59. The second kappa shape index (κ2) is 9.66. The smallest absolute Gasteiger partial charge is 0.170 e. The molecule has 4 heteroatoms. The zero-order chi connectivity index (χ0) is 21.7. The lowest BCUT2D eigenvalue weighted by Gasteiger charge is -2.26. The van der Waals surface area contributed by atoms with Crippen LogP contribution in [0, 0.1) is 6.92 Å². The van der Waals surface area contributed by atoms with Crippen LogP contribution in [0.2, 0.25) is 0 Å². The first-order valence-electron chi connectivity index (χ1n) is 10.4. The number of hydrogen-bond donors (Lipinski definition) is 1. The number of phenolic OH excluding ortho intramolecular Hbond substituents is 1. The fourth-order valence-electron chi connectivity index (χ4n) is 3.59. The SMILES string of the molecule is CC(C)=CCC/C(C)=C/COc1ccc(C2CC(=O)c3c(C)cc(O)cc3O2)cc1. The third-order valence-electron chi connectivity index (χ3n) is 5.23. The fraction of sp³-hybridized carbons (Fsp3) is 0.346. The molecule has 0 amide bonds. The maximum absolute atomic E-state index is 12.6. The zero-order valence-corrected chi connectivity index (χ0v) is 18.2. The van der Waals surface area contributed by atoms with Crippen LogP contribution >= 0.6 is 0 Å². The Bertz CT molecular complexity index is 963. The number of ketones is 1. The van der Waals surface area contributed by atoms with Crippen LogP contribution in [0.3, 0.4) is 0 Å². The molecule has 2 aromatic carbocycles. The number of allylic oxidation sites excluding steroid dienone is 3. The van der Waals surface area contributed by atoms with E-state index in [0.717, 1.165) is 29.7 Å². The van der Waals surface area contributed by atoms with Gasteiger partial charge in [0.05, 0.1) is 12.0 Å². The van der Waals surface area contributed by atoms with Crippen molar-refractivity contribution in [2.45, 2.75) is 53.1 Å². The van der Waals surface area contributed by atoms with Crippen LogP contribution < -0.4 is 9.47 Å². The average molecular weight is 407 g/mol. The maximum Gasteiger partial charge on any atom is 0.170 e. The van der Waals surface area contributed by atoms with E-state index in [9.17, 15) is 9.90 Å². The number of rotatable bonds is 7. The summed E-state index contributed by atoms with van der Waals surface area (Å²) in [7, 11) is 0. The summed E-state index contributed by atoms with van der Waals surface area (Å²) < 4.78 is 11.8. The standard InChI is InChI=1S/C26H30O4/c1-17(2)6-5-7-18(3)12-13-29-22-10-8-20(9-11-22)24-16-23(28)26-19(4)14-21(27)15-25(26)30-24/h6,8-12,14-15,24,27H,5,7,13,16H2,1-4H3/b18-12+. The molecule has 1 aliphatic heterocycles. The Balaban J connectivity index is 1.59. The molecule has 0 radical (unpaired) electrons. The van der Waals surface area contributed by atoms with Gasteiger partial charge in [0, 0.05) is 6.07 Å². The van der Waals surface area contributed by atoms with Crippen LogP contribution in [0.15, 0.2) is 59.7 Å². The first-order valence-corrected chi connectivity index (χ1v) is 10.4. The number of phenols is 1. The van der Waals surface area contributed by atoms with Gasteiger partial charge in [-0.1, -0.05) is 29.4 Å². The monoisotopic (exact) mass is 406 g/mol. The first-order chi connectivity index (χ1) is 14.3. The quantitative estimate of drug-likeness (QED) is 0.535. The molecule has 3 rings (SSSR count). The van der Waals surface area contributed by atoms with Crippen molar-refractivity contribution in [2.75, 3.05) is 6.61 Å². The van der Waals surface area contributed by atoms with E-state index in [1.165, 1.54) is 17.2 Å². The molecule has 0 bridgehead atoms. The van der Waals surface area contributed by atoms with Crippen molar-refractivity contribution in [1.29, 1.82) is 0 Å². The molecule has 1 heterocycles. The molecule has 158 valence electrons. The van der Waals surface area contributed by atoms with E-state index in [-0.39, 0.29) is 24.1 Å². The number of Topliss-reactive ketones (excluding diaryl/α,β-unsaturated/α-hetero) is 1. The third-order valence-corrected chi connectivity index (χ3v) is 5.23. The van der Waals surface area contributed by atoms with Gasteiger partial charge in [0.1, 0.15) is 30.0 Å². The Kier molecular flexibility index (Phi) is 6.99. The van der Waals surface area contributed by atoms with Gasteiger partial charge in [0.2, 0.25) is 0 Å². The molecule has 1 aliphatic rings. The summed E-state index contributed by atoms with van der Waals surface area (Å²) >= 11 is 0. The van der Waals surface area contributed by atoms with Crippen molar-refractivity contribution in [3.8, 4) is 17.2 Å². The summed E-state index contributed by atoms with van der Waals surface area (Å²) in [5, 5.41) is 9.83. The van der Waals surface area contributed by atoms with Gasteiger partial charge in [0.15, 0.2) is 5.78 Å². The third kappa shape index (κ3) is 5.53. The number of fused-ring (bicyclic) bond motifs is 1. The summed E-state index contributed by atoms with van der Waals surface area (Å²) in [6.45, 7) is 8.70. The van der Waals surface area contributed by atoms with Crippen molar-refractivity contribution in [1.82, 2.24) is 0 Å². The average Bonchev–Trinajstić information content (AvgIpc) is 2.67. The van der Waals surface area contributed by atoms with E-state index >= 15 is 0 Å². The van der Waals surface area contributed by atoms with Crippen molar-refractivity contribution < 1.29 is 19.4 Å². The highest BCUT2D eigenvalue weighted by molar-refractivity contribution is 6.01. The van der Waals surface area contributed by atoms with Crippen LogP contribution in [-0.2, 0) is 0 Å².